The molecule has 1 aliphatic heterocycles. The van der Waals surface area contributed by atoms with Gasteiger partial charge in [0.2, 0.25) is 0 Å². The smallest absolute Gasteiger partial charge is 0.260 e. The lowest BCUT2D eigenvalue weighted by atomic mass is 10.1. The summed E-state index contributed by atoms with van der Waals surface area (Å²) in [6.45, 7) is 1.20. The maximum Gasteiger partial charge on any atom is 0.260 e. The van der Waals surface area contributed by atoms with Crippen molar-refractivity contribution in [1.29, 1.82) is 0 Å². The van der Waals surface area contributed by atoms with Crippen LogP contribution in [0.5, 0.6) is 5.75 Å². The molecule has 1 amide bonds. The molecule has 2 N–H and O–H groups in total. The van der Waals surface area contributed by atoms with Crippen molar-refractivity contribution in [1.82, 2.24) is 0 Å². The van der Waals surface area contributed by atoms with E-state index in [0.717, 1.165) is 12.2 Å². The molecule has 0 saturated heterocycles. The van der Waals surface area contributed by atoms with Gasteiger partial charge in [-0.2, -0.15) is 0 Å². The molecule has 0 fully saturated rings. The molecule has 4 nitrogen and oxygen atoms in total. The molecule has 1 heterocycles. The van der Waals surface area contributed by atoms with E-state index in [-0.39, 0.29) is 0 Å². The Labute approximate surface area is 117 Å². The highest BCUT2D eigenvalue weighted by Gasteiger charge is 2.28. The van der Waals surface area contributed by atoms with Gasteiger partial charge in [-0.25, -0.2) is 0 Å². The van der Waals surface area contributed by atoms with E-state index in [0.29, 0.717) is 12.3 Å². The van der Waals surface area contributed by atoms with E-state index in [1.54, 1.807) is 0 Å². The fourth-order valence-electron chi connectivity index (χ4n) is 2.41. The van der Waals surface area contributed by atoms with Crippen LogP contribution in [0.15, 0.2) is 54.6 Å². The standard InChI is InChI=1S/C16H16N2O2/c17-16(19)15-11-18(10-12-6-2-1-3-7-12)13-8-4-5-9-14(13)20-15/h1-9,15H,10-11H2,(H2,17,19). The topological polar surface area (TPSA) is 55.6 Å². The maximum atomic E-state index is 11.4. The van der Waals surface area contributed by atoms with E-state index in [4.69, 9.17) is 10.5 Å². The van der Waals surface area contributed by atoms with Gasteiger partial charge in [-0.3, -0.25) is 4.79 Å². The Morgan fingerprint density at radius 1 is 1.15 bits per heavy atom. The van der Waals surface area contributed by atoms with Gasteiger partial charge in [0.25, 0.3) is 5.91 Å². The average molecular weight is 268 g/mol. The zero-order chi connectivity index (χ0) is 13.9. The van der Waals surface area contributed by atoms with Crippen LogP contribution >= 0.6 is 0 Å². The van der Waals surface area contributed by atoms with Crippen molar-refractivity contribution in [3.05, 3.63) is 60.2 Å². The first-order valence-electron chi connectivity index (χ1n) is 6.58. The van der Waals surface area contributed by atoms with E-state index in [1.165, 1.54) is 5.56 Å². The van der Waals surface area contributed by atoms with Gasteiger partial charge < -0.3 is 15.4 Å². The van der Waals surface area contributed by atoms with Gasteiger partial charge in [-0.15, -0.1) is 0 Å². The molecule has 1 unspecified atom stereocenters. The zero-order valence-corrected chi connectivity index (χ0v) is 11.0. The molecule has 0 bridgehead atoms. The molecule has 20 heavy (non-hydrogen) atoms. The second-order valence-corrected chi connectivity index (χ2v) is 4.84. The van der Waals surface area contributed by atoms with Crippen molar-refractivity contribution < 1.29 is 9.53 Å². The Kier molecular flexibility index (Phi) is 3.29. The normalized spacial score (nSPS) is 17.2. The third kappa shape index (κ3) is 2.45. The molecule has 1 aliphatic rings. The van der Waals surface area contributed by atoms with Gasteiger partial charge >= 0.3 is 0 Å². The predicted octanol–water partition coefficient (Wildman–Crippen LogP) is 1.94. The molecule has 0 radical (unpaired) electrons. The number of ether oxygens (including phenoxy) is 1. The number of hydrogen-bond donors (Lipinski definition) is 1. The Morgan fingerprint density at radius 3 is 2.60 bits per heavy atom. The van der Waals surface area contributed by atoms with E-state index in [1.807, 2.05) is 42.5 Å². The number of rotatable bonds is 3. The summed E-state index contributed by atoms with van der Waals surface area (Å²) in [5.41, 5.74) is 7.57. The molecule has 0 saturated carbocycles. The summed E-state index contributed by atoms with van der Waals surface area (Å²) in [4.78, 5) is 13.6. The van der Waals surface area contributed by atoms with E-state index in [9.17, 15) is 4.79 Å². The zero-order valence-electron chi connectivity index (χ0n) is 11.0. The Hall–Kier alpha value is -2.49. The average Bonchev–Trinajstić information content (AvgIpc) is 2.48. The van der Waals surface area contributed by atoms with E-state index >= 15 is 0 Å². The van der Waals surface area contributed by atoms with E-state index < -0.39 is 12.0 Å². The minimum absolute atomic E-state index is 0.433. The first-order valence-corrected chi connectivity index (χ1v) is 6.58. The minimum Gasteiger partial charge on any atom is -0.477 e. The second-order valence-electron chi connectivity index (χ2n) is 4.84. The third-order valence-electron chi connectivity index (χ3n) is 3.39. The SMILES string of the molecule is NC(=O)C1CN(Cc2ccccc2)c2ccccc2O1. The molecular formula is C16H16N2O2. The Balaban J connectivity index is 1.91. The number of primary amides is 1. The molecular weight excluding hydrogens is 252 g/mol. The summed E-state index contributed by atoms with van der Waals surface area (Å²) in [6.07, 6.45) is -0.603. The molecule has 0 aromatic heterocycles. The van der Waals surface area contributed by atoms with Crippen LogP contribution in [-0.4, -0.2) is 18.6 Å². The van der Waals surface area contributed by atoms with Gasteiger partial charge in [0.15, 0.2) is 6.10 Å². The Morgan fingerprint density at radius 2 is 1.85 bits per heavy atom. The Bertz CT molecular complexity index is 613. The lowest BCUT2D eigenvalue weighted by Gasteiger charge is -2.35. The molecule has 0 spiro atoms. The monoisotopic (exact) mass is 268 g/mol. The van der Waals surface area contributed by atoms with Gasteiger partial charge in [-0.1, -0.05) is 42.5 Å². The third-order valence-corrected chi connectivity index (χ3v) is 3.39. The first kappa shape index (κ1) is 12.5. The molecule has 1 atom stereocenters. The van der Waals surface area contributed by atoms with Gasteiger partial charge in [0, 0.05) is 6.54 Å². The van der Waals surface area contributed by atoms with Crippen LogP contribution in [0, 0.1) is 0 Å². The van der Waals surface area contributed by atoms with Crippen molar-refractivity contribution in [2.24, 2.45) is 5.73 Å². The van der Waals surface area contributed by atoms with Crippen LogP contribution in [0.25, 0.3) is 0 Å². The highest BCUT2D eigenvalue weighted by molar-refractivity contribution is 5.81. The van der Waals surface area contributed by atoms with Crippen LogP contribution in [0.4, 0.5) is 5.69 Å². The number of para-hydroxylation sites is 2. The summed E-state index contributed by atoms with van der Waals surface area (Å²) >= 11 is 0. The number of fused-ring (bicyclic) bond motifs is 1. The number of hydrogen-bond acceptors (Lipinski definition) is 3. The van der Waals surface area contributed by atoms with Gasteiger partial charge in [0.1, 0.15) is 5.75 Å². The number of nitrogens with two attached hydrogens (primary N) is 1. The van der Waals surface area contributed by atoms with Gasteiger partial charge in [-0.05, 0) is 17.7 Å². The molecule has 102 valence electrons. The van der Waals surface area contributed by atoms with Crippen LogP contribution in [-0.2, 0) is 11.3 Å². The highest BCUT2D eigenvalue weighted by Crippen LogP contribution is 2.33. The lowest BCUT2D eigenvalue weighted by molar-refractivity contribution is -0.124. The maximum absolute atomic E-state index is 11.4. The highest BCUT2D eigenvalue weighted by atomic mass is 16.5. The fraction of sp³-hybridized carbons (Fsp3) is 0.188. The van der Waals surface area contributed by atoms with Crippen LogP contribution in [0.3, 0.4) is 0 Å². The van der Waals surface area contributed by atoms with Gasteiger partial charge in [0.05, 0.1) is 12.2 Å². The quantitative estimate of drug-likeness (QED) is 0.925. The number of carbonyl (C=O) groups is 1. The van der Waals surface area contributed by atoms with Crippen LogP contribution in [0.1, 0.15) is 5.56 Å². The lowest BCUT2D eigenvalue weighted by Crippen LogP contribution is -2.46. The molecule has 2 aromatic rings. The van der Waals surface area contributed by atoms with Crippen molar-refractivity contribution >= 4 is 11.6 Å². The van der Waals surface area contributed by atoms with Crippen molar-refractivity contribution in [3.8, 4) is 5.75 Å². The van der Waals surface area contributed by atoms with Crippen LogP contribution < -0.4 is 15.4 Å². The first-order chi connectivity index (χ1) is 9.74. The number of benzene rings is 2. The molecule has 0 aliphatic carbocycles. The summed E-state index contributed by atoms with van der Waals surface area (Å²) in [5.74, 6) is 0.274. The van der Waals surface area contributed by atoms with Crippen molar-refractivity contribution in [3.63, 3.8) is 0 Å². The molecule has 2 aromatic carbocycles. The minimum atomic E-state index is -0.603. The predicted molar refractivity (Wildman–Crippen MR) is 77.5 cm³/mol. The molecule has 3 rings (SSSR count). The van der Waals surface area contributed by atoms with Crippen LogP contribution in [0.2, 0.25) is 0 Å². The summed E-state index contributed by atoms with van der Waals surface area (Å²) in [7, 11) is 0. The molecule has 4 heteroatoms. The number of carbonyl (C=O) groups excluding carboxylic acids is 1. The fourth-order valence-corrected chi connectivity index (χ4v) is 2.41. The second kappa shape index (κ2) is 5.25. The summed E-state index contributed by atoms with van der Waals surface area (Å²) in [6, 6.07) is 17.9. The van der Waals surface area contributed by atoms with Crippen molar-refractivity contribution in [2.75, 3.05) is 11.4 Å². The number of anilines is 1. The van der Waals surface area contributed by atoms with E-state index in [2.05, 4.69) is 17.0 Å². The number of amides is 1. The van der Waals surface area contributed by atoms with Crippen molar-refractivity contribution in [2.45, 2.75) is 12.6 Å². The largest absolute Gasteiger partial charge is 0.477 e. The number of nitrogens with zero attached hydrogens (tertiary/aromatic N) is 1. The summed E-state index contributed by atoms with van der Waals surface area (Å²) < 4.78 is 5.65. The summed E-state index contributed by atoms with van der Waals surface area (Å²) in [5, 5.41) is 0.